The smallest absolute Gasteiger partial charge is 0.164 e. The maximum absolute atomic E-state index is 6.02. The van der Waals surface area contributed by atoms with E-state index in [4.69, 9.17) is 34.8 Å². The summed E-state index contributed by atoms with van der Waals surface area (Å²) < 4.78 is 2.01. The molecule has 0 aliphatic rings. The van der Waals surface area contributed by atoms with Gasteiger partial charge in [-0.1, -0.05) is 30.1 Å². The maximum atomic E-state index is 6.02. The van der Waals surface area contributed by atoms with Crippen LogP contribution in [0.2, 0.25) is 10.0 Å². The van der Waals surface area contributed by atoms with Gasteiger partial charge in [0.05, 0.1) is 15.9 Å². The molecule has 0 bridgehead atoms. The number of halogens is 3. The first kappa shape index (κ1) is 13.7. The Morgan fingerprint density at radius 1 is 1.17 bits per heavy atom. The molecule has 0 saturated heterocycles. The van der Waals surface area contributed by atoms with Gasteiger partial charge in [-0.05, 0) is 24.6 Å². The molecule has 1 aromatic heterocycles. The van der Waals surface area contributed by atoms with E-state index in [1.807, 2.05) is 10.6 Å². The Morgan fingerprint density at radius 3 is 2.56 bits per heavy atom. The molecule has 2 aromatic rings. The van der Waals surface area contributed by atoms with Crippen molar-refractivity contribution in [3.05, 3.63) is 34.1 Å². The van der Waals surface area contributed by atoms with Crippen molar-refractivity contribution >= 4 is 34.8 Å². The van der Waals surface area contributed by atoms with Crippen molar-refractivity contribution in [1.82, 2.24) is 14.8 Å². The molecular weight excluding hydrogens is 293 g/mol. The second kappa shape index (κ2) is 5.91. The Kier molecular flexibility index (Phi) is 4.49. The highest BCUT2D eigenvalue weighted by Gasteiger charge is 2.13. The topological polar surface area (TPSA) is 30.7 Å². The first-order valence-electron chi connectivity index (χ1n) is 5.60. The van der Waals surface area contributed by atoms with Crippen molar-refractivity contribution in [2.75, 3.05) is 0 Å². The lowest BCUT2D eigenvalue weighted by atomic mass is 10.2. The van der Waals surface area contributed by atoms with Crippen molar-refractivity contribution in [3.63, 3.8) is 0 Å². The Balaban J connectivity index is 2.49. The number of benzene rings is 1. The van der Waals surface area contributed by atoms with Crippen LogP contribution in [0.5, 0.6) is 0 Å². The van der Waals surface area contributed by atoms with Crippen molar-refractivity contribution < 1.29 is 0 Å². The van der Waals surface area contributed by atoms with Crippen LogP contribution in [0.15, 0.2) is 18.2 Å². The highest BCUT2D eigenvalue weighted by Crippen LogP contribution is 2.28. The Morgan fingerprint density at radius 2 is 1.94 bits per heavy atom. The average Bonchev–Trinajstić information content (AvgIpc) is 2.76. The van der Waals surface area contributed by atoms with Gasteiger partial charge in [0.1, 0.15) is 5.82 Å². The summed E-state index contributed by atoms with van der Waals surface area (Å²) in [6.45, 7) is 2.92. The summed E-state index contributed by atoms with van der Waals surface area (Å²) in [5.74, 6) is 1.87. The van der Waals surface area contributed by atoms with E-state index < -0.39 is 0 Å². The molecule has 96 valence electrons. The minimum atomic E-state index is 0.342. The molecule has 0 unspecified atom stereocenters. The van der Waals surface area contributed by atoms with E-state index in [0.29, 0.717) is 15.9 Å². The summed E-state index contributed by atoms with van der Waals surface area (Å²) in [5.41, 5.74) is 0.890. The molecule has 0 saturated carbocycles. The Labute approximate surface area is 121 Å². The van der Waals surface area contributed by atoms with E-state index in [2.05, 4.69) is 17.1 Å². The first-order chi connectivity index (χ1) is 8.67. The van der Waals surface area contributed by atoms with E-state index in [9.17, 15) is 0 Å². The minimum absolute atomic E-state index is 0.342. The molecule has 18 heavy (non-hydrogen) atoms. The van der Waals surface area contributed by atoms with E-state index in [0.717, 1.165) is 30.2 Å². The second-order valence-electron chi connectivity index (χ2n) is 3.85. The average molecular weight is 305 g/mol. The number of alkyl halides is 1. The van der Waals surface area contributed by atoms with Crippen LogP contribution in [0.3, 0.4) is 0 Å². The van der Waals surface area contributed by atoms with Gasteiger partial charge in [0.2, 0.25) is 0 Å². The van der Waals surface area contributed by atoms with Crippen LogP contribution in [-0.4, -0.2) is 14.8 Å². The zero-order chi connectivity index (χ0) is 13.1. The number of hydrogen-bond donors (Lipinski definition) is 0. The lowest BCUT2D eigenvalue weighted by Gasteiger charge is -2.08. The molecule has 6 heteroatoms. The monoisotopic (exact) mass is 303 g/mol. The molecule has 0 fully saturated rings. The zero-order valence-corrected chi connectivity index (χ0v) is 12.1. The van der Waals surface area contributed by atoms with E-state index in [1.54, 1.807) is 12.1 Å². The molecule has 3 nitrogen and oxygen atoms in total. The zero-order valence-electron chi connectivity index (χ0n) is 9.83. The van der Waals surface area contributed by atoms with Crippen molar-refractivity contribution in [2.45, 2.75) is 25.8 Å². The highest BCUT2D eigenvalue weighted by molar-refractivity contribution is 6.42. The quantitative estimate of drug-likeness (QED) is 0.784. The van der Waals surface area contributed by atoms with Gasteiger partial charge in [0.25, 0.3) is 0 Å². The summed E-state index contributed by atoms with van der Waals surface area (Å²) in [4.78, 5) is 0. The molecule has 0 aliphatic carbocycles. The number of rotatable bonds is 4. The molecule has 1 aromatic carbocycles. The molecule has 0 radical (unpaired) electrons. The van der Waals surface area contributed by atoms with Gasteiger partial charge in [-0.2, -0.15) is 0 Å². The molecule has 0 amide bonds. The predicted octanol–water partition coefficient (Wildman–Crippen LogP) is 4.40. The molecule has 0 atom stereocenters. The third-order valence-corrected chi connectivity index (χ3v) is 3.55. The SMILES string of the molecule is CCCn1c(CCl)nnc1-c1ccc(Cl)c(Cl)c1. The summed E-state index contributed by atoms with van der Waals surface area (Å²) in [6.07, 6.45) is 0.982. The third kappa shape index (κ3) is 2.63. The normalized spacial score (nSPS) is 10.9. The molecular formula is C12H12Cl3N3. The fraction of sp³-hybridized carbons (Fsp3) is 0.333. The van der Waals surface area contributed by atoms with Crippen LogP contribution in [0.4, 0.5) is 0 Å². The first-order valence-corrected chi connectivity index (χ1v) is 6.90. The van der Waals surface area contributed by atoms with Gasteiger partial charge >= 0.3 is 0 Å². The van der Waals surface area contributed by atoms with Crippen molar-refractivity contribution in [2.24, 2.45) is 0 Å². The van der Waals surface area contributed by atoms with Crippen LogP contribution in [0, 0.1) is 0 Å². The highest BCUT2D eigenvalue weighted by atomic mass is 35.5. The van der Waals surface area contributed by atoms with E-state index in [-0.39, 0.29) is 0 Å². The molecule has 0 aliphatic heterocycles. The molecule has 0 N–H and O–H groups in total. The van der Waals surface area contributed by atoms with Crippen molar-refractivity contribution in [1.29, 1.82) is 0 Å². The fourth-order valence-electron chi connectivity index (χ4n) is 1.74. The van der Waals surface area contributed by atoms with Crippen LogP contribution < -0.4 is 0 Å². The standard InChI is InChI=1S/C12H12Cl3N3/c1-2-5-18-11(7-13)16-17-12(18)8-3-4-9(14)10(15)6-8/h3-4,6H,2,5,7H2,1H3. The van der Waals surface area contributed by atoms with Crippen LogP contribution in [-0.2, 0) is 12.4 Å². The van der Waals surface area contributed by atoms with E-state index >= 15 is 0 Å². The van der Waals surface area contributed by atoms with Crippen molar-refractivity contribution in [3.8, 4) is 11.4 Å². The Hall–Kier alpha value is -0.770. The fourth-order valence-corrected chi connectivity index (χ4v) is 2.24. The van der Waals surface area contributed by atoms with Gasteiger partial charge < -0.3 is 4.57 Å². The van der Waals surface area contributed by atoms with Crippen LogP contribution >= 0.6 is 34.8 Å². The van der Waals surface area contributed by atoms with Gasteiger partial charge in [0, 0.05) is 12.1 Å². The second-order valence-corrected chi connectivity index (χ2v) is 4.94. The summed E-state index contributed by atoms with van der Waals surface area (Å²) >= 11 is 17.8. The van der Waals surface area contributed by atoms with E-state index in [1.165, 1.54) is 0 Å². The van der Waals surface area contributed by atoms with Gasteiger partial charge in [0.15, 0.2) is 5.82 Å². The Bertz CT molecular complexity index is 551. The molecule has 1 heterocycles. The van der Waals surface area contributed by atoms with Gasteiger partial charge in [-0.3, -0.25) is 0 Å². The van der Waals surface area contributed by atoms with Crippen LogP contribution in [0.1, 0.15) is 19.2 Å². The van der Waals surface area contributed by atoms with Gasteiger partial charge in [-0.25, -0.2) is 0 Å². The minimum Gasteiger partial charge on any atom is -0.310 e. The lowest BCUT2D eigenvalue weighted by Crippen LogP contribution is -2.03. The van der Waals surface area contributed by atoms with Gasteiger partial charge in [-0.15, -0.1) is 21.8 Å². The molecule has 0 spiro atoms. The molecule has 2 rings (SSSR count). The largest absolute Gasteiger partial charge is 0.310 e. The predicted molar refractivity (Wildman–Crippen MR) is 75.3 cm³/mol. The maximum Gasteiger partial charge on any atom is 0.164 e. The lowest BCUT2D eigenvalue weighted by molar-refractivity contribution is 0.659. The summed E-state index contributed by atoms with van der Waals surface area (Å²) in [5, 5.41) is 9.29. The van der Waals surface area contributed by atoms with Crippen LogP contribution in [0.25, 0.3) is 11.4 Å². The number of nitrogens with zero attached hydrogens (tertiary/aromatic N) is 3. The number of aromatic nitrogens is 3. The number of hydrogen-bond acceptors (Lipinski definition) is 2. The summed E-state index contributed by atoms with van der Waals surface area (Å²) in [6, 6.07) is 5.42. The third-order valence-electron chi connectivity index (χ3n) is 2.57. The summed E-state index contributed by atoms with van der Waals surface area (Å²) in [7, 11) is 0.